The second kappa shape index (κ2) is 12.4. The van der Waals surface area contributed by atoms with Crippen molar-refractivity contribution in [1.82, 2.24) is 9.13 Å². The Labute approximate surface area is 255 Å². The molecule has 10 nitrogen and oxygen atoms in total. The number of esters is 1. The maximum Gasteiger partial charge on any atom is 0.333 e. The quantitative estimate of drug-likeness (QED) is 0.283. The number of anilines is 2. The average molecular weight is 597 g/mol. The van der Waals surface area contributed by atoms with Crippen molar-refractivity contribution >= 4 is 17.3 Å². The van der Waals surface area contributed by atoms with Gasteiger partial charge in [-0.3, -0.25) is 18.7 Å². The highest BCUT2D eigenvalue weighted by Gasteiger charge is 2.50. The van der Waals surface area contributed by atoms with E-state index in [2.05, 4.69) is 34.1 Å². The predicted octanol–water partition coefficient (Wildman–Crippen LogP) is 3.95. The van der Waals surface area contributed by atoms with Crippen molar-refractivity contribution < 1.29 is 19.0 Å². The first-order valence-corrected chi connectivity index (χ1v) is 14.8. The summed E-state index contributed by atoms with van der Waals surface area (Å²) >= 11 is 0. The summed E-state index contributed by atoms with van der Waals surface area (Å²) in [7, 11) is 1.58. The molecular weight excluding hydrogens is 560 g/mol. The first-order chi connectivity index (χ1) is 21.3. The van der Waals surface area contributed by atoms with Crippen LogP contribution in [-0.2, 0) is 20.8 Å². The Hall–Kier alpha value is -4.83. The molecule has 0 N–H and O–H groups in total. The van der Waals surface area contributed by atoms with Crippen molar-refractivity contribution in [3.63, 3.8) is 0 Å². The highest BCUT2D eigenvalue weighted by Crippen LogP contribution is 2.39. The number of aromatic nitrogens is 2. The zero-order valence-electron chi connectivity index (χ0n) is 25.0. The molecule has 44 heavy (non-hydrogen) atoms. The fraction of sp³-hybridized carbons (Fsp3) is 0.324. The van der Waals surface area contributed by atoms with E-state index >= 15 is 0 Å². The van der Waals surface area contributed by atoms with Crippen molar-refractivity contribution in [2.75, 3.05) is 30.0 Å². The van der Waals surface area contributed by atoms with Gasteiger partial charge < -0.3 is 24.0 Å². The minimum absolute atomic E-state index is 0.0963. The first-order valence-electron chi connectivity index (χ1n) is 14.8. The Kier molecular flexibility index (Phi) is 8.25. The summed E-state index contributed by atoms with van der Waals surface area (Å²) in [5.41, 5.74) is 2.38. The number of methoxy groups -OCH3 is 1. The van der Waals surface area contributed by atoms with Gasteiger partial charge in [-0.05, 0) is 48.9 Å². The molecular formula is C34H36N4O6. The van der Waals surface area contributed by atoms with Crippen LogP contribution in [0.4, 0.5) is 11.4 Å². The topological polar surface area (TPSA) is 95.2 Å². The molecule has 0 unspecified atom stereocenters. The van der Waals surface area contributed by atoms with Gasteiger partial charge in [0.1, 0.15) is 30.4 Å². The lowest BCUT2D eigenvalue weighted by Crippen LogP contribution is -2.52. The molecule has 3 atom stereocenters. The number of benzene rings is 3. The van der Waals surface area contributed by atoms with Gasteiger partial charge in [-0.25, -0.2) is 4.79 Å². The molecule has 6 rings (SSSR count). The maximum absolute atomic E-state index is 13.9. The Bertz CT molecular complexity index is 1670. The number of carbonyl (C=O) groups is 1. The lowest BCUT2D eigenvalue weighted by atomic mass is 10.1. The summed E-state index contributed by atoms with van der Waals surface area (Å²) in [6.45, 7) is 4.62. The van der Waals surface area contributed by atoms with E-state index < -0.39 is 30.1 Å². The molecule has 2 aliphatic heterocycles. The zero-order valence-corrected chi connectivity index (χ0v) is 25.0. The monoisotopic (exact) mass is 596 g/mol. The first kappa shape index (κ1) is 29.3. The third kappa shape index (κ3) is 5.72. The van der Waals surface area contributed by atoms with Crippen LogP contribution >= 0.6 is 0 Å². The van der Waals surface area contributed by atoms with Crippen LogP contribution in [-0.4, -0.2) is 53.7 Å². The minimum Gasteiger partial charge on any atom is -0.497 e. The van der Waals surface area contributed by atoms with Crippen LogP contribution in [0, 0.1) is 6.92 Å². The summed E-state index contributed by atoms with van der Waals surface area (Å²) in [5, 5.41) is 0. The van der Waals surface area contributed by atoms with E-state index in [1.54, 1.807) is 32.4 Å². The Morgan fingerprint density at radius 2 is 1.48 bits per heavy atom. The van der Waals surface area contributed by atoms with Gasteiger partial charge in [0.2, 0.25) is 0 Å². The SMILES string of the molecule is COc1ccc(Cn2c(=O)c(C)cn([C@H]3C[C@H](OC(C)=O)[C@@H](C4N(c5ccccc5)CCN4c4ccccc4)O3)c2=O)cc1. The molecule has 0 saturated carbocycles. The van der Waals surface area contributed by atoms with E-state index in [4.69, 9.17) is 14.2 Å². The number of aryl methyl sites for hydroxylation is 1. The van der Waals surface area contributed by atoms with Crippen LogP contribution in [0.5, 0.6) is 5.75 Å². The average Bonchev–Trinajstić information content (AvgIpc) is 3.66. The van der Waals surface area contributed by atoms with Gasteiger partial charge in [0, 0.05) is 49.6 Å². The Balaban J connectivity index is 1.38. The summed E-state index contributed by atoms with van der Waals surface area (Å²) in [4.78, 5) is 43.9. The van der Waals surface area contributed by atoms with Gasteiger partial charge in [0.15, 0.2) is 0 Å². The second-order valence-electron chi connectivity index (χ2n) is 11.2. The molecule has 0 radical (unpaired) electrons. The molecule has 0 spiro atoms. The van der Waals surface area contributed by atoms with E-state index in [-0.39, 0.29) is 24.7 Å². The number of nitrogens with zero attached hydrogens (tertiary/aromatic N) is 4. The fourth-order valence-electron chi connectivity index (χ4n) is 6.25. The van der Waals surface area contributed by atoms with E-state index in [1.807, 2.05) is 48.5 Å². The molecule has 3 aromatic carbocycles. The van der Waals surface area contributed by atoms with E-state index in [1.165, 1.54) is 16.1 Å². The Morgan fingerprint density at radius 1 is 0.886 bits per heavy atom. The summed E-state index contributed by atoms with van der Waals surface area (Å²) < 4.78 is 20.5. The molecule has 1 aromatic heterocycles. The molecule has 2 fully saturated rings. The van der Waals surface area contributed by atoms with Crippen LogP contribution in [0.3, 0.4) is 0 Å². The van der Waals surface area contributed by atoms with Crippen molar-refractivity contribution in [2.45, 2.75) is 51.4 Å². The molecule has 0 amide bonds. The summed E-state index contributed by atoms with van der Waals surface area (Å²) in [5.74, 6) is 0.262. The number of rotatable bonds is 8. The molecule has 228 valence electrons. The molecule has 0 aliphatic carbocycles. The molecule has 2 saturated heterocycles. The van der Waals surface area contributed by atoms with Crippen molar-refractivity contribution in [2.24, 2.45) is 0 Å². The normalized spacial score (nSPS) is 20.2. The second-order valence-corrected chi connectivity index (χ2v) is 11.2. The smallest absolute Gasteiger partial charge is 0.333 e. The van der Waals surface area contributed by atoms with Crippen LogP contribution in [0.25, 0.3) is 0 Å². The van der Waals surface area contributed by atoms with E-state index in [9.17, 15) is 14.4 Å². The number of ether oxygens (including phenoxy) is 3. The van der Waals surface area contributed by atoms with Crippen LogP contribution in [0.15, 0.2) is 101 Å². The third-order valence-corrected chi connectivity index (χ3v) is 8.30. The van der Waals surface area contributed by atoms with Crippen molar-refractivity contribution in [3.05, 3.63) is 123 Å². The van der Waals surface area contributed by atoms with Gasteiger partial charge >= 0.3 is 11.7 Å². The largest absolute Gasteiger partial charge is 0.497 e. The minimum atomic E-state index is -0.755. The highest BCUT2D eigenvalue weighted by atomic mass is 16.6. The molecule has 2 aliphatic rings. The van der Waals surface area contributed by atoms with Gasteiger partial charge in [0.05, 0.1) is 13.7 Å². The molecule has 3 heterocycles. The fourth-order valence-corrected chi connectivity index (χ4v) is 6.25. The predicted molar refractivity (Wildman–Crippen MR) is 167 cm³/mol. The third-order valence-electron chi connectivity index (χ3n) is 8.30. The van der Waals surface area contributed by atoms with E-state index in [0.717, 1.165) is 30.0 Å². The van der Waals surface area contributed by atoms with Gasteiger partial charge in [-0.2, -0.15) is 0 Å². The summed E-state index contributed by atoms with van der Waals surface area (Å²) in [6, 6.07) is 27.4. The Morgan fingerprint density at radius 3 is 2.02 bits per heavy atom. The standard InChI is InChI=1S/C34H36N4O6/c1-23-21-37(34(41)38(33(23)40)22-25-14-16-28(42-3)17-15-25)30-20-29(43-24(2)39)31(44-30)32-35(26-10-6-4-7-11-26)18-19-36(32)27-12-8-5-9-13-27/h4-17,21,29-32H,18-20,22H2,1-3H3/t29-,30+,31-/m0/s1. The number of para-hydroxylation sites is 2. The maximum atomic E-state index is 13.9. The van der Waals surface area contributed by atoms with Crippen molar-refractivity contribution in [1.29, 1.82) is 0 Å². The van der Waals surface area contributed by atoms with Gasteiger partial charge in [0.25, 0.3) is 5.56 Å². The molecule has 4 aromatic rings. The number of hydrogen-bond donors (Lipinski definition) is 0. The zero-order chi connectivity index (χ0) is 30.8. The number of carbonyl (C=O) groups excluding carboxylic acids is 1. The van der Waals surface area contributed by atoms with Crippen LogP contribution in [0.2, 0.25) is 0 Å². The molecule has 0 bridgehead atoms. The van der Waals surface area contributed by atoms with Gasteiger partial charge in [-0.1, -0.05) is 48.5 Å². The lowest BCUT2D eigenvalue weighted by Gasteiger charge is -2.38. The lowest BCUT2D eigenvalue weighted by molar-refractivity contribution is -0.149. The highest BCUT2D eigenvalue weighted by molar-refractivity contribution is 5.66. The van der Waals surface area contributed by atoms with Crippen LogP contribution in [0.1, 0.15) is 30.7 Å². The molecule has 10 heteroatoms. The van der Waals surface area contributed by atoms with E-state index in [0.29, 0.717) is 11.3 Å². The van der Waals surface area contributed by atoms with Gasteiger partial charge in [-0.15, -0.1) is 0 Å². The summed E-state index contributed by atoms with van der Waals surface area (Å²) in [6.07, 6.45) is -0.504. The van der Waals surface area contributed by atoms with Crippen molar-refractivity contribution in [3.8, 4) is 5.75 Å². The van der Waals surface area contributed by atoms with Crippen LogP contribution < -0.4 is 25.8 Å². The number of hydrogen-bond acceptors (Lipinski definition) is 8.